The average molecular weight is 279 g/mol. The zero-order valence-electron chi connectivity index (χ0n) is 12.1. The molecular formula is C15H25N3S. The fraction of sp³-hybridized carbons (Fsp3) is 0.867. The molecule has 0 bridgehead atoms. The first-order valence-electron chi connectivity index (χ1n) is 7.74. The van der Waals surface area contributed by atoms with Crippen LogP contribution >= 0.6 is 11.3 Å². The molecule has 0 amide bonds. The molecule has 0 saturated heterocycles. The van der Waals surface area contributed by atoms with Gasteiger partial charge < -0.3 is 5.32 Å². The molecule has 2 aliphatic rings. The van der Waals surface area contributed by atoms with E-state index in [2.05, 4.69) is 29.4 Å². The van der Waals surface area contributed by atoms with E-state index in [9.17, 15) is 0 Å². The van der Waals surface area contributed by atoms with Gasteiger partial charge in [-0.05, 0) is 38.0 Å². The summed E-state index contributed by atoms with van der Waals surface area (Å²) >= 11 is 1.86. The highest BCUT2D eigenvalue weighted by Gasteiger charge is 2.39. The molecule has 3 rings (SSSR count). The van der Waals surface area contributed by atoms with Crippen molar-refractivity contribution in [1.82, 2.24) is 15.5 Å². The summed E-state index contributed by atoms with van der Waals surface area (Å²) in [5.41, 5.74) is 0.351. The van der Waals surface area contributed by atoms with Crippen molar-refractivity contribution >= 4 is 11.3 Å². The number of hydrogen-bond donors (Lipinski definition) is 1. The van der Waals surface area contributed by atoms with E-state index in [1.165, 1.54) is 55.0 Å². The molecule has 0 atom stereocenters. The van der Waals surface area contributed by atoms with Crippen molar-refractivity contribution in [3.8, 4) is 0 Å². The second-order valence-electron chi connectivity index (χ2n) is 6.74. The second-order valence-corrected chi connectivity index (χ2v) is 7.80. The third-order valence-electron chi connectivity index (χ3n) is 4.40. The quantitative estimate of drug-likeness (QED) is 0.863. The predicted molar refractivity (Wildman–Crippen MR) is 79.4 cm³/mol. The summed E-state index contributed by atoms with van der Waals surface area (Å²) in [6.45, 7) is 5.58. The highest BCUT2D eigenvalue weighted by Crippen LogP contribution is 2.46. The second kappa shape index (κ2) is 5.49. The molecule has 1 heterocycles. The van der Waals surface area contributed by atoms with E-state index in [4.69, 9.17) is 0 Å². The summed E-state index contributed by atoms with van der Waals surface area (Å²) in [4.78, 5) is 0. The predicted octanol–water partition coefficient (Wildman–Crippen LogP) is 3.65. The molecule has 0 radical (unpaired) electrons. The molecule has 0 unspecified atom stereocenters. The Kier molecular flexibility index (Phi) is 3.90. The van der Waals surface area contributed by atoms with Crippen LogP contribution in [-0.4, -0.2) is 16.2 Å². The molecule has 2 saturated carbocycles. The molecule has 4 heteroatoms. The Morgan fingerprint density at radius 1 is 1.26 bits per heavy atom. The maximum atomic E-state index is 4.55. The third-order valence-corrected chi connectivity index (χ3v) is 5.57. The molecule has 2 aliphatic carbocycles. The first-order valence-corrected chi connectivity index (χ1v) is 8.56. The van der Waals surface area contributed by atoms with Crippen molar-refractivity contribution in [2.45, 2.75) is 76.8 Å². The molecule has 1 aromatic rings. The molecule has 19 heavy (non-hydrogen) atoms. The number of nitrogens with zero attached hydrogens (tertiary/aromatic N) is 2. The Morgan fingerprint density at radius 2 is 2.00 bits per heavy atom. The van der Waals surface area contributed by atoms with Gasteiger partial charge in [-0.1, -0.05) is 38.0 Å². The lowest BCUT2D eigenvalue weighted by Gasteiger charge is -2.27. The Bertz CT molecular complexity index is 417. The third kappa shape index (κ3) is 3.16. The monoisotopic (exact) mass is 279 g/mol. The topological polar surface area (TPSA) is 37.8 Å². The minimum absolute atomic E-state index is 0.351. The highest BCUT2D eigenvalue weighted by atomic mass is 32.1. The number of aromatic nitrogens is 2. The molecule has 1 N–H and O–H groups in total. The van der Waals surface area contributed by atoms with E-state index in [0.29, 0.717) is 5.41 Å². The summed E-state index contributed by atoms with van der Waals surface area (Å²) in [5, 5.41) is 15.0. The smallest absolute Gasteiger partial charge is 0.131 e. The van der Waals surface area contributed by atoms with Crippen molar-refractivity contribution in [2.24, 2.45) is 5.92 Å². The van der Waals surface area contributed by atoms with Gasteiger partial charge in [0.1, 0.15) is 10.0 Å². The number of rotatable bonds is 6. The van der Waals surface area contributed by atoms with Gasteiger partial charge in [-0.2, -0.15) is 0 Å². The number of hydrogen-bond acceptors (Lipinski definition) is 4. The summed E-state index contributed by atoms with van der Waals surface area (Å²) in [6, 6.07) is 0.753. The van der Waals surface area contributed by atoms with Crippen LogP contribution in [0.15, 0.2) is 0 Å². The van der Waals surface area contributed by atoms with Gasteiger partial charge in [-0.3, -0.25) is 0 Å². The van der Waals surface area contributed by atoms with Crippen molar-refractivity contribution < 1.29 is 0 Å². The van der Waals surface area contributed by atoms with E-state index in [0.717, 1.165) is 18.5 Å². The van der Waals surface area contributed by atoms with Crippen LogP contribution in [0.25, 0.3) is 0 Å². The maximum Gasteiger partial charge on any atom is 0.131 e. The van der Waals surface area contributed by atoms with Crippen molar-refractivity contribution in [2.75, 3.05) is 0 Å². The van der Waals surface area contributed by atoms with Gasteiger partial charge in [0, 0.05) is 18.0 Å². The van der Waals surface area contributed by atoms with Gasteiger partial charge in [0.05, 0.1) is 0 Å². The molecule has 106 valence electrons. The van der Waals surface area contributed by atoms with Crippen LogP contribution in [0.2, 0.25) is 0 Å². The van der Waals surface area contributed by atoms with Crippen molar-refractivity contribution in [3.05, 3.63) is 10.0 Å². The van der Waals surface area contributed by atoms with Crippen molar-refractivity contribution in [1.29, 1.82) is 0 Å². The van der Waals surface area contributed by atoms with E-state index in [1.807, 2.05) is 11.3 Å². The normalized spacial score (nSPS) is 22.3. The van der Waals surface area contributed by atoms with Crippen molar-refractivity contribution in [3.63, 3.8) is 0 Å². The van der Waals surface area contributed by atoms with Crippen LogP contribution in [0.1, 0.15) is 68.8 Å². The fourth-order valence-electron chi connectivity index (χ4n) is 3.40. The minimum atomic E-state index is 0.351. The van der Waals surface area contributed by atoms with Gasteiger partial charge in [-0.15, -0.1) is 10.2 Å². The maximum absolute atomic E-state index is 4.55. The zero-order chi connectivity index (χ0) is 13.3. The summed E-state index contributed by atoms with van der Waals surface area (Å²) in [7, 11) is 0. The largest absolute Gasteiger partial charge is 0.308 e. The van der Waals surface area contributed by atoms with Gasteiger partial charge in [0.2, 0.25) is 0 Å². The van der Waals surface area contributed by atoms with Gasteiger partial charge in [0.15, 0.2) is 0 Å². The zero-order valence-corrected chi connectivity index (χ0v) is 12.9. The molecule has 0 aromatic carbocycles. The molecule has 0 spiro atoms. The first-order chi connectivity index (χ1) is 9.18. The van der Waals surface area contributed by atoms with Gasteiger partial charge in [-0.25, -0.2) is 0 Å². The van der Waals surface area contributed by atoms with Gasteiger partial charge >= 0.3 is 0 Å². The molecular weight excluding hydrogens is 254 g/mol. The standard InChI is InChI=1S/C15H25N3S/c1-11(2)9-15(7-3-4-8-15)14-18-17-13(19-14)10-16-12-5-6-12/h11-12,16H,3-10H2,1-2H3. The molecule has 2 fully saturated rings. The van der Waals surface area contributed by atoms with E-state index in [1.54, 1.807) is 0 Å². The molecule has 3 nitrogen and oxygen atoms in total. The lowest BCUT2D eigenvalue weighted by atomic mass is 9.79. The van der Waals surface area contributed by atoms with Gasteiger partial charge in [0.25, 0.3) is 0 Å². The van der Waals surface area contributed by atoms with E-state index < -0.39 is 0 Å². The van der Waals surface area contributed by atoms with Crippen LogP contribution < -0.4 is 5.32 Å². The SMILES string of the molecule is CC(C)CC1(c2nnc(CNC3CC3)s2)CCCC1. The Morgan fingerprint density at radius 3 is 2.63 bits per heavy atom. The Hall–Kier alpha value is -0.480. The fourth-order valence-corrected chi connectivity index (χ4v) is 4.44. The summed E-state index contributed by atoms with van der Waals surface area (Å²) in [5.74, 6) is 0.745. The Labute approximate surface area is 120 Å². The van der Waals surface area contributed by atoms with Crippen LogP contribution in [0.5, 0.6) is 0 Å². The Balaban J connectivity index is 1.70. The number of nitrogens with one attached hydrogen (secondary N) is 1. The lowest BCUT2D eigenvalue weighted by molar-refractivity contribution is 0.343. The van der Waals surface area contributed by atoms with Crippen LogP contribution in [0.4, 0.5) is 0 Å². The highest BCUT2D eigenvalue weighted by molar-refractivity contribution is 7.11. The lowest BCUT2D eigenvalue weighted by Crippen LogP contribution is -2.24. The van der Waals surface area contributed by atoms with Crippen LogP contribution in [0, 0.1) is 5.92 Å². The van der Waals surface area contributed by atoms with Crippen LogP contribution in [-0.2, 0) is 12.0 Å². The van der Waals surface area contributed by atoms with E-state index >= 15 is 0 Å². The summed E-state index contributed by atoms with van der Waals surface area (Å²) < 4.78 is 0. The average Bonchev–Trinajstić information content (AvgIpc) is 2.88. The summed E-state index contributed by atoms with van der Waals surface area (Å²) in [6.07, 6.45) is 9.30. The molecule has 1 aromatic heterocycles. The van der Waals surface area contributed by atoms with E-state index in [-0.39, 0.29) is 0 Å². The van der Waals surface area contributed by atoms with Crippen LogP contribution in [0.3, 0.4) is 0 Å². The minimum Gasteiger partial charge on any atom is -0.308 e. The first kappa shape index (κ1) is 13.5. The molecule has 0 aliphatic heterocycles.